The number of hydrogen-bond acceptors (Lipinski definition) is 7. The number of aliphatic carboxylic acids is 2. The highest BCUT2D eigenvalue weighted by Crippen LogP contribution is 2.15. The molecule has 0 aromatic heterocycles. The van der Waals surface area contributed by atoms with Gasteiger partial charge in [-0.1, -0.05) is 54.7 Å². The van der Waals surface area contributed by atoms with Gasteiger partial charge in [-0.05, 0) is 29.7 Å². The summed E-state index contributed by atoms with van der Waals surface area (Å²) in [5.74, 6) is -2.68. The van der Waals surface area contributed by atoms with Crippen LogP contribution in [-0.4, -0.2) is 62.4 Å². The van der Waals surface area contributed by atoms with Crippen LogP contribution < -0.4 is 5.73 Å². The predicted molar refractivity (Wildman–Crippen MR) is 127 cm³/mol. The van der Waals surface area contributed by atoms with E-state index in [9.17, 15) is 19.2 Å². The van der Waals surface area contributed by atoms with Crippen LogP contribution >= 0.6 is 12.2 Å². The molecule has 0 unspecified atom stereocenters. The lowest BCUT2D eigenvalue weighted by atomic mass is 10.0. The molecule has 1 saturated heterocycles. The zero-order valence-corrected chi connectivity index (χ0v) is 19.4. The lowest BCUT2D eigenvalue weighted by Crippen LogP contribution is -2.39. The summed E-state index contributed by atoms with van der Waals surface area (Å²) < 4.78 is 5.22. The van der Waals surface area contributed by atoms with Gasteiger partial charge in [-0.3, -0.25) is 9.59 Å². The van der Waals surface area contributed by atoms with Crippen molar-refractivity contribution < 1.29 is 34.1 Å². The number of carboxylic acids is 2. The molecule has 0 aliphatic carbocycles. The Morgan fingerprint density at radius 3 is 2.18 bits per heavy atom. The molecule has 2 aromatic rings. The molecule has 1 amide bonds. The number of benzene rings is 2. The van der Waals surface area contributed by atoms with Crippen LogP contribution in [0.15, 0.2) is 54.6 Å². The first kappa shape index (κ1) is 26.6. The SMILES string of the molecule is CC(=O)N1CC(=S)C[C@H]1C(=O)O.N[C@@H](Cc1ccc(C(=O)OCc2ccccc2)cc1)C(=O)O. The number of hydrogen-bond donors (Lipinski definition) is 3. The summed E-state index contributed by atoms with van der Waals surface area (Å²) in [5.41, 5.74) is 7.56. The van der Waals surface area contributed by atoms with Crippen LogP contribution in [-0.2, 0) is 32.1 Å². The van der Waals surface area contributed by atoms with Gasteiger partial charge in [-0.15, -0.1) is 0 Å². The summed E-state index contributed by atoms with van der Waals surface area (Å²) in [5, 5.41) is 17.5. The van der Waals surface area contributed by atoms with Gasteiger partial charge in [0.25, 0.3) is 0 Å². The maximum atomic E-state index is 11.9. The Hall–Kier alpha value is -3.63. The van der Waals surface area contributed by atoms with Crippen molar-refractivity contribution in [2.45, 2.75) is 38.5 Å². The Kier molecular flexibility index (Phi) is 9.84. The largest absolute Gasteiger partial charge is 0.480 e. The molecule has 10 heteroatoms. The maximum absolute atomic E-state index is 11.9. The number of amides is 1. The molecule has 0 radical (unpaired) electrons. The summed E-state index contributed by atoms with van der Waals surface area (Å²) in [7, 11) is 0. The van der Waals surface area contributed by atoms with Crippen molar-refractivity contribution >= 4 is 40.9 Å². The molecule has 1 aliphatic rings. The van der Waals surface area contributed by atoms with Crippen LogP contribution in [0.4, 0.5) is 0 Å². The first-order chi connectivity index (χ1) is 16.1. The third-order valence-corrected chi connectivity index (χ3v) is 5.30. The summed E-state index contributed by atoms with van der Waals surface area (Å²) in [6.07, 6.45) is 0.527. The maximum Gasteiger partial charge on any atom is 0.338 e. The second kappa shape index (κ2) is 12.6. The summed E-state index contributed by atoms with van der Waals surface area (Å²) in [6, 6.07) is 14.3. The molecule has 180 valence electrons. The van der Waals surface area contributed by atoms with Crippen molar-refractivity contribution in [2.75, 3.05) is 6.54 Å². The fraction of sp³-hybridized carbons (Fsp3) is 0.292. The van der Waals surface area contributed by atoms with E-state index in [0.717, 1.165) is 11.1 Å². The van der Waals surface area contributed by atoms with E-state index in [0.29, 0.717) is 23.4 Å². The Morgan fingerprint density at radius 2 is 1.68 bits per heavy atom. The van der Waals surface area contributed by atoms with Gasteiger partial charge in [0.1, 0.15) is 18.7 Å². The number of carbonyl (C=O) groups is 4. The fourth-order valence-electron chi connectivity index (χ4n) is 3.17. The third-order valence-electron chi connectivity index (χ3n) is 5.01. The van der Waals surface area contributed by atoms with Gasteiger partial charge < -0.3 is 25.6 Å². The highest BCUT2D eigenvalue weighted by molar-refractivity contribution is 7.80. The normalized spacial score (nSPS) is 15.6. The molecular weight excluding hydrogens is 460 g/mol. The summed E-state index contributed by atoms with van der Waals surface area (Å²) in [6.45, 7) is 1.87. The Morgan fingerprint density at radius 1 is 1.06 bits per heavy atom. The first-order valence-electron chi connectivity index (χ1n) is 10.4. The third kappa shape index (κ3) is 8.05. The van der Waals surface area contributed by atoms with Crippen LogP contribution in [0.25, 0.3) is 0 Å². The summed E-state index contributed by atoms with van der Waals surface area (Å²) >= 11 is 4.85. The van der Waals surface area contributed by atoms with Crippen molar-refractivity contribution in [3.8, 4) is 0 Å². The quantitative estimate of drug-likeness (QED) is 0.395. The van der Waals surface area contributed by atoms with E-state index in [1.165, 1.54) is 11.8 Å². The number of carboxylic acid groups (broad SMARTS) is 2. The van der Waals surface area contributed by atoms with Crippen LogP contribution in [0.5, 0.6) is 0 Å². The van der Waals surface area contributed by atoms with E-state index in [1.807, 2.05) is 30.3 Å². The monoisotopic (exact) mass is 486 g/mol. The minimum Gasteiger partial charge on any atom is -0.480 e. The van der Waals surface area contributed by atoms with E-state index < -0.39 is 30.0 Å². The summed E-state index contributed by atoms with van der Waals surface area (Å²) in [4.78, 5) is 46.1. The molecule has 1 heterocycles. The molecule has 0 saturated carbocycles. The van der Waals surface area contributed by atoms with Gasteiger partial charge in [0, 0.05) is 18.2 Å². The Bertz CT molecular complexity index is 1020. The Labute approximate surface area is 202 Å². The molecule has 1 fully saturated rings. The molecule has 2 aromatic carbocycles. The number of likely N-dealkylation sites (tertiary alicyclic amines) is 1. The van der Waals surface area contributed by atoms with E-state index in [2.05, 4.69) is 0 Å². The number of thiocarbonyl (C=S) groups is 1. The molecule has 0 bridgehead atoms. The van der Waals surface area contributed by atoms with Crippen LogP contribution in [0.3, 0.4) is 0 Å². The number of carbonyl (C=O) groups excluding carboxylic acids is 2. The van der Waals surface area contributed by atoms with Crippen molar-refractivity contribution in [2.24, 2.45) is 5.73 Å². The van der Waals surface area contributed by atoms with Crippen molar-refractivity contribution in [1.82, 2.24) is 4.90 Å². The van der Waals surface area contributed by atoms with Gasteiger partial charge in [0.2, 0.25) is 5.91 Å². The molecule has 9 nitrogen and oxygen atoms in total. The second-order valence-corrected chi connectivity index (χ2v) is 8.23. The predicted octanol–water partition coefficient (Wildman–Crippen LogP) is 2.06. The van der Waals surface area contributed by atoms with Crippen molar-refractivity contribution in [3.05, 3.63) is 71.3 Å². The molecule has 3 rings (SSSR count). The van der Waals surface area contributed by atoms with Crippen LogP contribution in [0.1, 0.15) is 34.8 Å². The smallest absolute Gasteiger partial charge is 0.338 e. The molecule has 34 heavy (non-hydrogen) atoms. The molecule has 0 spiro atoms. The molecular formula is C24H26N2O7S. The molecule has 4 N–H and O–H groups in total. The average molecular weight is 487 g/mol. The van der Waals surface area contributed by atoms with E-state index in [1.54, 1.807) is 24.3 Å². The number of nitrogens with two attached hydrogens (primary N) is 1. The molecule has 1 aliphatic heterocycles. The van der Waals surface area contributed by atoms with Gasteiger partial charge in [-0.25, -0.2) is 9.59 Å². The van der Waals surface area contributed by atoms with Gasteiger partial charge in [-0.2, -0.15) is 0 Å². The van der Waals surface area contributed by atoms with Crippen LogP contribution in [0.2, 0.25) is 0 Å². The lowest BCUT2D eigenvalue weighted by molar-refractivity contribution is -0.147. The van der Waals surface area contributed by atoms with Gasteiger partial charge in [0.15, 0.2) is 0 Å². The zero-order chi connectivity index (χ0) is 25.3. The van der Waals surface area contributed by atoms with Crippen molar-refractivity contribution in [1.29, 1.82) is 0 Å². The number of nitrogens with zero attached hydrogens (tertiary/aromatic N) is 1. The van der Waals surface area contributed by atoms with E-state index in [4.69, 9.17) is 32.9 Å². The van der Waals surface area contributed by atoms with Crippen LogP contribution in [0, 0.1) is 0 Å². The Balaban J connectivity index is 0.000000287. The fourth-order valence-corrected chi connectivity index (χ4v) is 3.46. The number of ether oxygens (including phenoxy) is 1. The van der Waals surface area contributed by atoms with E-state index >= 15 is 0 Å². The average Bonchev–Trinajstić information content (AvgIpc) is 3.21. The van der Waals surface area contributed by atoms with Gasteiger partial charge >= 0.3 is 17.9 Å². The van der Waals surface area contributed by atoms with Gasteiger partial charge in [0.05, 0.1) is 12.1 Å². The highest BCUT2D eigenvalue weighted by Gasteiger charge is 2.34. The second-order valence-electron chi connectivity index (χ2n) is 7.65. The topological polar surface area (TPSA) is 147 Å². The van der Waals surface area contributed by atoms with E-state index in [-0.39, 0.29) is 18.9 Å². The highest BCUT2D eigenvalue weighted by atomic mass is 32.1. The molecule has 2 atom stereocenters. The number of esters is 1. The van der Waals surface area contributed by atoms with Crippen molar-refractivity contribution in [3.63, 3.8) is 0 Å². The standard InChI is InChI=1S/C17H17NO4.C7H9NO3S/c18-15(16(19)20)10-12-6-8-14(9-7-12)17(21)22-11-13-4-2-1-3-5-13;1-4(9)8-3-5(12)2-6(8)7(10)11/h1-9,15H,10-11,18H2,(H,19,20);6H,2-3H2,1H3,(H,10,11)/t15-;6-/m00/s1. The zero-order valence-electron chi connectivity index (χ0n) is 18.5. The lowest BCUT2D eigenvalue weighted by Gasteiger charge is -2.18. The minimum atomic E-state index is -1.05. The minimum absolute atomic E-state index is 0.214. The number of rotatable bonds is 7. The first-order valence-corrected chi connectivity index (χ1v) is 10.8.